The Hall–Kier alpha value is -2.38. The lowest BCUT2D eigenvalue weighted by Gasteiger charge is -2.06. The summed E-state index contributed by atoms with van der Waals surface area (Å²) in [5.41, 5.74) is 3.37. The third-order valence-electron chi connectivity index (χ3n) is 4.28. The van der Waals surface area contributed by atoms with Crippen molar-refractivity contribution in [3.8, 4) is 11.4 Å². The first-order valence-corrected chi connectivity index (χ1v) is 10.7. The first-order chi connectivity index (χ1) is 13.2. The van der Waals surface area contributed by atoms with Crippen LogP contribution in [0.5, 0.6) is 0 Å². The van der Waals surface area contributed by atoms with Crippen molar-refractivity contribution in [2.75, 3.05) is 0 Å². The molecule has 0 amide bonds. The van der Waals surface area contributed by atoms with E-state index in [1.165, 1.54) is 5.56 Å². The van der Waals surface area contributed by atoms with Crippen LogP contribution in [0.2, 0.25) is 0 Å². The van der Waals surface area contributed by atoms with Gasteiger partial charge in [-0.2, -0.15) is 0 Å². The lowest BCUT2D eigenvalue weighted by atomic mass is 10.2. The first kappa shape index (κ1) is 18.0. The number of thioether (sulfide) groups is 1. The number of hydrogen-bond acceptors (Lipinski definition) is 6. The maximum atomic E-state index is 5.41. The Morgan fingerprint density at radius 3 is 2.74 bits per heavy atom. The zero-order valence-corrected chi connectivity index (χ0v) is 16.9. The summed E-state index contributed by atoms with van der Waals surface area (Å²) in [6, 6.07) is 12.4. The summed E-state index contributed by atoms with van der Waals surface area (Å²) in [6.07, 6.45) is 2.57. The van der Waals surface area contributed by atoms with Crippen molar-refractivity contribution in [3.63, 3.8) is 0 Å². The fourth-order valence-electron chi connectivity index (χ4n) is 2.90. The van der Waals surface area contributed by atoms with Crippen LogP contribution in [0.15, 0.2) is 57.6 Å². The monoisotopic (exact) mass is 396 g/mol. The Bertz CT molecular complexity index is 1020. The van der Waals surface area contributed by atoms with E-state index in [1.807, 2.05) is 19.1 Å². The molecule has 138 valence electrons. The molecule has 0 atom stereocenters. The van der Waals surface area contributed by atoms with Gasteiger partial charge in [0.05, 0.1) is 22.5 Å². The van der Waals surface area contributed by atoms with Crippen LogP contribution in [-0.2, 0) is 18.7 Å². The third kappa shape index (κ3) is 3.99. The molecule has 0 aliphatic rings. The summed E-state index contributed by atoms with van der Waals surface area (Å²) in [5, 5.41) is 12.9. The SMILES string of the molecule is CCn1c(SCc2csc(Cc3ccccc3)n2)nnc1-c1ccoc1C. The van der Waals surface area contributed by atoms with Gasteiger partial charge in [-0.05, 0) is 25.5 Å². The molecule has 0 N–H and O–H groups in total. The highest BCUT2D eigenvalue weighted by Crippen LogP contribution is 2.29. The summed E-state index contributed by atoms with van der Waals surface area (Å²) in [4.78, 5) is 4.77. The van der Waals surface area contributed by atoms with Crippen molar-refractivity contribution >= 4 is 23.1 Å². The average molecular weight is 397 g/mol. The fraction of sp³-hybridized carbons (Fsp3) is 0.250. The number of rotatable bonds is 7. The van der Waals surface area contributed by atoms with Gasteiger partial charge in [0.2, 0.25) is 0 Å². The molecule has 4 aromatic rings. The molecular weight excluding hydrogens is 376 g/mol. The first-order valence-electron chi connectivity index (χ1n) is 8.82. The molecule has 5 nitrogen and oxygen atoms in total. The van der Waals surface area contributed by atoms with Gasteiger partial charge in [0.25, 0.3) is 0 Å². The minimum absolute atomic E-state index is 0.786. The van der Waals surface area contributed by atoms with Gasteiger partial charge in [0, 0.05) is 24.1 Å². The van der Waals surface area contributed by atoms with E-state index in [4.69, 9.17) is 9.40 Å². The van der Waals surface area contributed by atoms with E-state index in [1.54, 1.807) is 29.4 Å². The van der Waals surface area contributed by atoms with Gasteiger partial charge in [-0.1, -0.05) is 42.1 Å². The number of thiazole rings is 1. The normalized spacial score (nSPS) is 11.2. The fourth-order valence-corrected chi connectivity index (χ4v) is 4.73. The lowest BCUT2D eigenvalue weighted by Crippen LogP contribution is -2.00. The summed E-state index contributed by atoms with van der Waals surface area (Å²) in [6.45, 7) is 4.86. The summed E-state index contributed by atoms with van der Waals surface area (Å²) in [7, 11) is 0. The van der Waals surface area contributed by atoms with E-state index in [9.17, 15) is 0 Å². The second-order valence-corrected chi connectivity index (χ2v) is 8.01. The Morgan fingerprint density at radius 2 is 2.00 bits per heavy atom. The van der Waals surface area contributed by atoms with E-state index in [0.29, 0.717) is 0 Å². The highest BCUT2D eigenvalue weighted by Gasteiger charge is 2.16. The van der Waals surface area contributed by atoms with Gasteiger partial charge in [-0.15, -0.1) is 21.5 Å². The van der Waals surface area contributed by atoms with E-state index in [2.05, 4.69) is 51.3 Å². The maximum Gasteiger partial charge on any atom is 0.191 e. The zero-order valence-electron chi connectivity index (χ0n) is 15.3. The zero-order chi connectivity index (χ0) is 18.6. The highest BCUT2D eigenvalue weighted by molar-refractivity contribution is 7.98. The van der Waals surface area contributed by atoms with Crippen LogP contribution in [0, 0.1) is 6.92 Å². The van der Waals surface area contributed by atoms with Crippen LogP contribution in [0.3, 0.4) is 0 Å². The van der Waals surface area contributed by atoms with Gasteiger partial charge in [-0.25, -0.2) is 4.98 Å². The number of aryl methyl sites for hydroxylation is 1. The van der Waals surface area contributed by atoms with Gasteiger partial charge in [0.1, 0.15) is 5.76 Å². The predicted octanol–water partition coefficient (Wildman–Crippen LogP) is 5.21. The van der Waals surface area contributed by atoms with Crippen LogP contribution in [0.25, 0.3) is 11.4 Å². The minimum atomic E-state index is 0.786. The Balaban J connectivity index is 1.45. The molecule has 4 rings (SSSR count). The average Bonchev–Trinajstić information content (AvgIpc) is 3.40. The molecule has 0 aliphatic carbocycles. The number of nitrogens with zero attached hydrogens (tertiary/aromatic N) is 4. The minimum Gasteiger partial charge on any atom is -0.469 e. The number of furan rings is 1. The van der Waals surface area contributed by atoms with Crippen molar-refractivity contribution in [3.05, 3.63) is 70.1 Å². The molecule has 0 saturated heterocycles. The van der Waals surface area contributed by atoms with Crippen LogP contribution < -0.4 is 0 Å². The Kier molecular flexibility index (Phi) is 5.40. The maximum absolute atomic E-state index is 5.41. The Morgan fingerprint density at radius 1 is 1.15 bits per heavy atom. The van der Waals surface area contributed by atoms with E-state index in [-0.39, 0.29) is 0 Å². The molecule has 1 aromatic carbocycles. The molecule has 7 heteroatoms. The van der Waals surface area contributed by atoms with Crippen LogP contribution >= 0.6 is 23.1 Å². The standard InChI is InChI=1S/C20H20N4OS2/c1-3-24-19(17-9-10-25-14(17)2)22-23-20(24)27-13-16-12-26-18(21-16)11-15-7-5-4-6-8-15/h4-10,12H,3,11,13H2,1-2H3. The van der Waals surface area contributed by atoms with Crippen LogP contribution in [-0.4, -0.2) is 19.7 Å². The molecule has 0 saturated carbocycles. The van der Waals surface area contributed by atoms with Crippen molar-refractivity contribution < 1.29 is 4.42 Å². The molecule has 27 heavy (non-hydrogen) atoms. The van der Waals surface area contributed by atoms with E-state index < -0.39 is 0 Å². The van der Waals surface area contributed by atoms with Crippen LogP contribution in [0.1, 0.15) is 28.9 Å². The molecule has 0 unspecified atom stereocenters. The summed E-state index contributed by atoms with van der Waals surface area (Å²) in [5.74, 6) is 2.50. The predicted molar refractivity (Wildman–Crippen MR) is 109 cm³/mol. The summed E-state index contributed by atoms with van der Waals surface area (Å²) >= 11 is 3.39. The second-order valence-electron chi connectivity index (χ2n) is 6.12. The molecule has 0 radical (unpaired) electrons. The smallest absolute Gasteiger partial charge is 0.191 e. The van der Waals surface area contributed by atoms with Crippen LogP contribution in [0.4, 0.5) is 0 Å². The number of hydrogen-bond donors (Lipinski definition) is 0. The molecule has 3 heterocycles. The third-order valence-corrected chi connectivity index (χ3v) is 6.18. The second kappa shape index (κ2) is 8.10. The van der Waals surface area contributed by atoms with Gasteiger partial charge >= 0.3 is 0 Å². The molecular formula is C20H20N4OS2. The van der Waals surface area contributed by atoms with E-state index >= 15 is 0 Å². The lowest BCUT2D eigenvalue weighted by molar-refractivity contribution is 0.534. The van der Waals surface area contributed by atoms with Crippen molar-refractivity contribution in [1.82, 2.24) is 19.7 Å². The largest absolute Gasteiger partial charge is 0.469 e. The molecule has 3 aromatic heterocycles. The van der Waals surface area contributed by atoms with Crippen molar-refractivity contribution in [2.24, 2.45) is 0 Å². The van der Waals surface area contributed by atoms with Gasteiger partial charge < -0.3 is 8.98 Å². The Labute approximate surface area is 166 Å². The number of aromatic nitrogens is 4. The van der Waals surface area contributed by atoms with Crippen molar-refractivity contribution in [2.45, 2.75) is 37.7 Å². The quantitative estimate of drug-likeness (QED) is 0.402. The number of benzene rings is 1. The topological polar surface area (TPSA) is 56.7 Å². The molecule has 0 spiro atoms. The molecule has 0 aliphatic heterocycles. The van der Waals surface area contributed by atoms with E-state index in [0.717, 1.165) is 51.7 Å². The highest BCUT2D eigenvalue weighted by atomic mass is 32.2. The van der Waals surface area contributed by atoms with Gasteiger partial charge in [0.15, 0.2) is 11.0 Å². The summed E-state index contributed by atoms with van der Waals surface area (Å²) < 4.78 is 7.54. The molecule has 0 bridgehead atoms. The van der Waals surface area contributed by atoms with Crippen molar-refractivity contribution in [1.29, 1.82) is 0 Å². The molecule has 0 fully saturated rings. The van der Waals surface area contributed by atoms with Gasteiger partial charge in [-0.3, -0.25) is 0 Å².